The van der Waals surface area contributed by atoms with E-state index in [0.29, 0.717) is 18.3 Å². The summed E-state index contributed by atoms with van der Waals surface area (Å²) in [6.07, 6.45) is 12.9. The maximum Gasteiger partial charge on any atom is 0.276 e. The number of unbranched alkanes of at least 4 members (excludes halogenated alkanes) is 7. The highest BCUT2D eigenvalue weighted by atomic mass is 35.5. The molecule has 0 spiro atoms. The topological polar surface area (TPSA) is 140 Å². The third-order valence-electron chi connectivity index (χ3n) is 8.71. The van der Waals surface area contributed by atoms with Gasteiger partial charge in [0.05, 0.1) is 33.6 Å². The quantitative estimate of drug-likeness (QED) is 0.0607. The third-order valence-corrected chi connectivity index (χ3v) is 11.2. The highest BCUT2D eigenvalue weighted by Crippen LogP contribution is 2.35. The van der Waals surface area contributed by atoms with E-state index in [9.17, 15) is 23.1 Å². The number of anilines is 2. The fourth-order valence-electron chi connectivity index (χ4n) is 5.71. The van der Waals surface area contributed by atoms with E-state index in [2.05, 4.69) is 29.6 Å². The minimum Gasteiger partial charge on any atom is -0.506 e. The first-order valence-corrected chi connectivity index (χ1v) is 19.7. The number of phenolic OH excluding ortho intramolecular Hbond substituents is 1. The van der Waals surface area contributed by atoms with Gasteiger partial charge >= 0.3 is 0 Å². The first-order valence-electron chi connectivity index (χ1n) is 17.8. The number of carbonyl (C=O) groups is 2. The molecule has 0 saturated heterocycles. The van der Waals surface area contributed by atoms with Gasteiger partial charge in [-0.05, 0) is 67.3 Å². The van der Waals surface area contributed by atoms with Crippen molar-refractivity contribution in [1.82, 2.24) is 9.78 Å². The van der Waals surface area contributed by atoms with Crippen LogP contribution in [0.3, 0.4) is 0 Å². The molecule has 2 amide bonds. The molecule has 4 rings (SSSR count). The van der Waals surface area contributed by atoms with Crippen molar-refractivity contribution in [2.24, 2.45) is 5.92 Å². The minimum atomic E-state index is -4.08. The monoisotopic (exact) mass is 736 g/mol. The molecule has 4 aromatic rings. The number of nitrogens with one attached hydrogen (secondary N) is 2. The van der Waals surface area contributed by atoms with E-state index < -0.39 is 26.9 Å². The summed E-state index contributed by atoms with van der Waals surface area (Å²) in [4.78, 5) is 26.1. The zero-order chi connectivity index (χ0) is 36.8. The predicted molar refractivity (Wildman–Crippen MR) is 203 cm³/mol. The molecule has 274 valence electrons. The van der Waals surface area contributed by atoms with Crippen molar-refractivity contribution in [2.75, 3.05) is 17.2 Å². The van der Waals surface area contributed by atoms with Crippen LogP contribution in [-0.4, -0.2) is 47.0 Å². The van der Waals surface area contributed by atoms with Crippen LogP contribution in [0.2, 0.25) is 5.02 Å². The normalized spacial score (nSPS) is 12.6. The Morgan fingerprint density at radius 1 is 0.882 bits per heavy atom. The Bertz CT molecular complexity index is 1830. The van der Waals surface area contributed by atoms with Gasteiger partial charge in [0.2, 0.25) is 5.91 Å². The molecule has 0 radical (unpaired) electrons. The molecule has 3 aromatic carbocycles. The molecule has 0 fully saturated rings. The lowest BCUT2D eigenvalue weighted by atomic mass is 10.0. The molecule has 1 aromatic heterocycles. The number of amides is 2. The number of hydrogen-bond acceptors (Lipinski definition) is 7. The van der Waals surface area contributed by atoms with Crippen LogP contribution in [0.25, 0.3) is 5.69 Å². The van der Waals surface area contributed by atoms with Crippen molar-refractivity contribution in [1.29, 1.82) is 0 Å². The van der Waals surface area contributed by atoms with Gasteiger partial charge in [0.1, 0.15) is 16.7 Å². The Kier molecular flexibility index (Phi) is 14.9. The lowest BCUT2D eigenvalue weighted by Gasteiger charge is -2.18. The number of hydrogen-bond donors (Lipinski definition) is 3. The number of aromatic nitrogens is 2. The van der Waals surface area contributed by atoms with E-state index in [1.54, 1.807) is 29.9 Å². The van der Waals surface area contributed by atoms with Gasteiger partial charge in [0.15, 0.2) is 15.5 Å². The summed E-state index contributed by atoms with van der Waals surface area (Å²) in [5.74, 6) is -0.841. The first kappa shape index (κ1) is 39.4. The fourth-order valence-corrected chi connectivity index (χ4v) is 7.55. The van der Waals surface area contributed by atoms with Gasteiger partial charge in [-0.15, -0.1) is 0 Å². The van der Waals surface area contributed by atoms with E-state index in [0.717, 1.165) is 18.2 Å². The van der Waals surface area contributed by atoms with Gasteiger partial charge in [0, 0.05) is 12.3 Å². The van der Waals surface area contributed by atoms with Gasteiger partial charge in [-0.2, -0.15) is 5.10 Å². The maximum absolute atomic E-state index is 13.5. The van der Waals surface area contributed by atoms with Gasteiger partial charge in [-0.25, -0.2) is 13.1 Å². The Balaban J connectivity index is 1.30. The molecule has 0 aliphatic rings. The lowest BCUT2D eigenvalue weighted by molar-refractivity contribution is -0.115. The Morgan fingerprint density at radius 2 is 1.55 bits per heavy atom. The van der Waals surface area contributed by atoms with Gasteiger partial charge < -0.3 is 20.5 Å². The van der Waals surface area contributed by atoms with Crippen molar-refractivity contribution in [3.63, 3.8) is 0 Å². The molecular formula is C39H49ClN4O6S. The van der Waals surface area contributed by atoms with Crippen molar-refractivity contribution in [3.8, 4) is 17.2 Å². The molecule has 0 aliphatic heterocycles. The molecule has 10 nitrogen and oxygen atoms in total. The summed E-state index contributed by atoms with van der Waals surface area (Å²) in [5, 5.41) is 18.6. The van der Waals surface area contributed by atoms with Crippen LogP contribution >= 0.6 is 11.6 Å². The smallest absolute Gasteiger partial charge is 0.276 e. The molecule has 12 heteroatoms. The second-order valence-electron chi connectivity index (χ2n) is 12.9. The second kappa shape index (κ2) is 19.3. The van der Waals surface area contributed by atoms with E-state index in [1.807, 2.05) is 30.3 Å². The Labute approximate surface area is 306 Å². The number of halogens is 1. The molecule has 1 heterocycles. The van der Waals surface area contributed by atoms with Gasteiger partial charge in [-0.1, -0.05) is 102 Å². The molecule has 0 saturated carbocycles. The number of aromatic hydroxyl groups is 1. The van der Waals surface area contributed by atoms with Crippen LogP contribution in [0.4, 0.5) is 11.4 Å². The molecule has 0 bridgehead atoms. The van der Waals surface area contributed by atoms with E-state index in [1.165, 1.54) is 75.6 Å². The highest BCUT2D eigenvalue weighted by Gasteiger charge is 2.33. The Hall–Kier alpha value is -4.35. The number of benzene rings is 3. The molecule has 3 N–H and O–H groups in total. The molecule has 2 unspecified atom stereocenters. The number of sulfone groups is 1. The summed E-state index contributed by atoms with van der Waals surface area (Å²) in [6.45, 7) is 6.53. The molecule has 2 atom stereocenters. The van der Waals surface area contributed by atoms with Crippen LogP contribution in [-0.2, 0) is 14.6 Å². The Morgan fingerprint density at radius 3 is 2.22 bits per heavy atom. The standard InChI is InChI=1S/C39H49ClN4O6S/c1-4-6-7-8-9-10-11-13-16-28(3)27-50-30-19-21-31(22-20-30)51(48,49)37(5-2)39(47)41-34-26-36(45)35(25-32(34)40)42-38(46)33-23-24-44(43-33)29-17-14-12-15-18-29/h12,14-15,17-26,28,37,45H,4-11,13,16,27H2,1-3H3,(H,41,47)(H,42,46). The summed E-state index contributed by atoms with van der Waals surface area (Å²) in [5.41, 5.74) is 0.849. The summed E-state index contributed by atoms with van der Waals surface area (Å²) in [6, 6.07) is 19.3. The predicted octanol–water partition coefficient (Wildman–Crippen LogP) is 9.22. The summed E-state index contributed by atoms with van der Waals surface area (Å²) in [7, 11) is -4.08. The summed E-state index contributed by atoms with van der Waals surface area (Å²) >= 11 is 6.41. The van der Waals surface area contributed by atoms with E-state index >= 15 is 0 Å². The number of ether oxygens (including phenoxy) is 1. The zero-order valence-corrected chi connectivity index (χ0v) is 31.2. The number of para-hydroxylation sites is 1. The lowest BCUT2D eigenvalue weighted by Crippen LogP contribution is -2.34. The van der Waals surface area contributed by atoms with E-state index in [-0.39, 0.29) is 39.2 Å². The number of phenols is 1. The molecular weight excluding hydrogens is 688 g/mol. The van der Waals surface area contributed by atoms with E-state index in [4.69, 9.17) is 16.3 Å². The first-order chi connectivity index (χ1) is 24.5. The zero-order valence-electron chi connectivity index (χ0n) is 29.6. The van der Waals surface area contributed by atoms with Crippen molar-refractivity contribution in [2.45, 2.75) is 95.1 Å². The van der Waals surface area contributed by atoms with Crippen LogP contribution in [0.1, 0.15) is 95.5 Å². The maximum atomic E-state index is 13.5. The SMILES string of the molecule is CCCCCCCCCCC(C)COc1ccc(S(=O)(=O)C(CC)C(=O)Nc2cc(O)c(NC(=O)c3ccn(-c4ccccc4)n3)cc2Cl)cc1. The largest absolute Gasteiger partial charge is 0.506 e. The second-order valence-corrected chi connectivity index (χ2v) is 15.4. The molecule has 0 aliphatic carbocycles. The van der Waals surface area contributed by atoms with Gasteiger partial charge in [0.25, 0.3) is 5.91 Å². The molecule has 51 heavy (non-hydrogen) atoms. The average molecular weight is 737 g/mol. The minimum absolute atomic E-state index is 0.00393. The van der Waals surface area contributed by atoms with Crippen molar-refractivity contribution in [3.05, 3.63) is 89.7 Å². The van der Waals surface area contributed by atoms with Crippen molar-refractivity contribution < 1.29 is 27.9 Å². The van der Waals surface area contributed by atoms with Gasteiger partial charge in [-0.3, -0.25) is 9.59 Å². The number of carbonyl (C=O) groups excluding carboxylic acids is 2. The highest BCUT2D eigenvalue weighted by molar-refractivity contribution is 7.92. The van der Waals surface area contributed by atoms with Crippen LogP contribution in [0.15, 0.2) is 83.9 Å². The van der Waals surface area contributed by atoms with Crippen molar-refractivity contribution >= 4 is 44.6 Å². The average Bonchev–Trinajstić information content (AvgIpc) is 3.62. The number of rotatable bonds is 20. The van der Waals surface area contributed by atoms with Crippen LogP contribution < -0.4 is 15.4 Å². The third kappa shape index (κ3) is 11.3. The number of nitrogens with zero attached hydrogens (tertiary/aromatic N) is 2. The van der Waals surface area contributed by atoms with Crippen LogP contribution in [0, 0.1) is 5.92 Å². The van der Waals surface area contributed by atoms with Crippen LogP contribution in [0.5, 0.6) is 11.5 Å². The summed E-state index contributed by atoms with van der Waals surface area (Å²) < 4.78 is 34.5. The fraction of sp³-hybridized carbons (Fsp3) is 0.410.